The van der Waals surface area contributed by atoms with Gasteiger partial charge >= 0.3 is 0 Å². The van der Waals surface area contributed by atoms with Crippen LogP contribution in [0, 0.1) is 11.7 Å². The van der Waals surface area contributed by atoms with Crippen LogP contribution >= 0.6 is 23.2 Å². The molecule has 0 saturated heterocycles. The minimum Gasteiger partial charge on any atom is -0.319 e. The zero-order valence-corrected chi connectivity index (χ0v) is 13.4. The Labute approximate surface area is 135 Å². The molecule has 0 spiro atoms. The number of nitrogens with one attached hydrogen (secondary N) is 1. The lowest BCUT2D eigenvalue weighted by Crippen LogP contribution is -2.23. The van der Waals surface area contributed by atoms with E-state index in [1.54, 1.807) is 12.1 Å². The number of rotatable bonds is 6. The quantitative estimate of drug-likeness (QED) is 0.807. The molecule has 0 aliphatic heterocycles. The number of benzene rings is 2. The van der Waals surface area contributed by atoms with Crippen LogP contribution in [0.5, 0.6) is 0 Å². The Hall–Kier alpha value is -1.09. The largest absolute Gasteiger partial charge is 0.319 e. The van der Waals surface area contributed by atoms with Gasteiger partial charge in [-0.15, -0.1) is 0 Å². The van der Waals surface area contributed by atoms with E-state index in [4.69, 9.17) is 23.2 Å². The summed E-state index contributed by atoms with van der Waals surface area (Å²) in [6.45, 7) is 0.799. The molecule has 1 nitrogen and oxygen atoms in total. The van der Waals surface area contributed by atoms with E-state index in [0.717, 1.165) is 24.1 Å². The summed E-state index contributed by atoms with van der Waals surface area (Å²) in [6, 6.07) is 12.4. The number of halogens is 3. The molecule has 0 saturated carbocycles. The molecule has 2 aromatic rings. The highest BCUT2D eigenvalue weighted by Crippen LogP contribution is 2.25. The van der Waals surface area contributed by atoms with Crippen LogP contribution in [0.25, 0.3) is 0 Å². The third-order valence-corrected chi connectivity index (χ3v) is 4.07. The molecule has 21 heavy (non-hydrogen) atoms. The minimum absolute atomic E-state index is 0.152. The highest BCUT2D eigenvalue weighted by molar-refractivity contribution is 6.35. The molecular weight excluding hydrogens is 308 g/mol. The first kappa shape index (κ1) is 16.3. The van der Waals surface area contributed by atoms with Crippen molar-refractivity contribution in [2.45, 2.75) is 12.8 Å². The summed E-state index contributed by atoms with van der Waals surface area (Å²) in [5.41, 5.74) is 1.78. The van der Waals surface area contributed by atoms with Crippen molar-refractivity contribution in [3.8, 4) is 0 Å². The van der Waals surface area contributed by atoms with Crippen molar-refractivity contribution in [2.75, 3.05) is 13.6 Å². The van der Waals surface area contributed by atoms with E-state index in [-0.39, 0.29) is 11.7 Å². The van der Waals surface area contributed by atoms with Gasteiger partial charge in [0.05, 0.1) is 0 Å². The first-order valence-electron chi connectivity index (χ1n) is 6.92. The molecular formula is C17H18Cl2FN. The van der Waals surface area contributed by atoms with Crippen LogP contribution in [0.2, 0.25) is 10.0 Å². The van der Waals surface area contributed by atoms with Gasteiger partial charge in [-0.25, -0.2) is 4.39 Å². The maximum atomic E-state index is 13.8. The smallest absolute Gasteiger partial charge is 0.126 e. The molecule has 1 atom stereocenters. The zero-order chi connectivity index (χ0) is 15.2. The standard InChI is InChI=1S/C17H18Cl2FN/c1-21-11-12(9-14-4-2-3-5-17(14)20)8-13-6-7-15(18)10-16(13)19/h2-7,10,12,21H,8-9,11H2,1H3. The van der Waals surface area contributed by atoms with Crippen LogP contribution in [-0.4, -0.2) is 13.6 Å². The first-order chi connectivity index (χ1) is 10.1. The topological polar surface area (TPSA) is 12.0 Å². The number of hydrogen-bond donors (Lipinski definition) is 1. The second-order valence-corrected chi connectivity index (χ2v) is 6.00. The van der Waals surface area contributed by atoms with Crippen molar-refractivity contribution in [1.29, 1.82) is 0 Å². The summed E-state index contributed by atoms with van der Waals surface area (Å²) in [4.78, 5) is 0. The van der Waals surface area contributed by atoms with Gasteiger partial charge in [-0.2, -0.15) is 0 Å². The fourth-order valence-electron chi connectivity index (χ4n) is 2.48. The van der Waals surface area contributed by atoms with Crippen LogP contribution in [-0.2, 0) is 12.8 Å². The zero-order valence-electron chi connectivity index (χ0n) is 11.9. The van der Waals surface area contributed by atoms with Crippen LogP contribution in [0.3, 0.4) is 0 Å². The maximum Gasteiger partial charge on any atom is 0.126 e. The van der Waals surface area contributed by atoms with E-state index in [2.05, 4.69) is 5.32 Å². The van der Waals surface area contributed by atoms with E-state index < -0.39 is 0 Å². The lowest BCUT2D eigenvalue weighted by Gasteiger charge is -2.18. The summed E-state index contributed by atoms with van der Waals surface area (Å²) in [5, 5.41) is 4.46. The molecule has 2 aromatic carbocycles. The second kappa shape index (κ2) is 7.79. The lowest BCUT2D eigenvalue weighted by atomic mass is 9.92. The minimum atomic E-state index is -0.152. The van der Waals surface area contributed by atoms with E-state index in [1.807, 2.05) is 31.3 Å². The predicted octanol–water partition coefficient (Wildman–Crippen LogP) is 4.75. The molecule has 0 fully saturated rings. The van der Waals surface area contributed by atoms with Crippen LogP contribution in [0.15, 0.2) is 42.5 Å². The normalized spacial score (nSPS) is 12.4. The van der Waals surface area contributed by atoms with Crippen molar-refractivity contribution in [2.24, 2.45) is 5.92 Å². The van der Waals surface area contributed by atoms with E-state index in [0.29, 0.717) is 16.5 Å². The van der Waals surface area contributed by atoms with Crippen molar-refractivity contribution in [3.05, 3.63) is 69.5 Å². The Morgan fingerprint density at radius 2 is 1.76 bits per heavy atom. The highest BCUT2D eigenvalue weighted by Gasteiger charge is 2.14. The first-order valence-corrected chi connectivity index (χ1v) is 7.67. The highest BCUT2D eigenvalue weighted by atomic mass is 35.5. The Morgan fingerprint density at radius 3 is 2.43 bits per heavy atom. The summed E-state index contributed by atoms with van der Waals surface area (Å²) >= 11 is 12.1. The van der Waals surface area contributed by atoms with Gasteiger partial charge < -0.3 is 5.32 Å². The van der Waals surface area contributed by atoms with E-state index in [1.165, 1.54) is 6.07 Å². The Kier molecular flexibility index (Phi) is 6.04. The molecule has 0 radical (unpaired) electrons. The molecule has 1 unspecified atom stereocenters. The third kappa shape index (κ3) is 4.70. The van der Waals surface area contributed by atoms with Crippen molar-refractivity contribution >= 4 is 23.2 Å². The fourth-order valence-corrected chi connectivity index (χ4v) is 2.96. The molecule has 4 heteroatoms. The van der Waals surface area contributed by atoms with Gasteiger partial charge in [0.2, 0.25) is 0 Å². The molecule has 0 amide bonds. The fraction of sp³-hybridized carbons (Fsp3) is 0.294. The molecule has 0 aromatic heterocycles. The summed E-state index contributed by atoms with van der Waals surface area (Å²) in [6.07, 6.45) is 1.46. The average Bonchev–Trinajstić information content (AvgIpc) is 2.44. The van der Waals surface area contributed by atoms with Crippen molar-refractivity contribution in [1.82, 2.24) is 5.32 Å². The molecule has 0 aliphatic rings. The molecule has 0 heterocycles. The molecule has 0 aliphatic carbocycles. The average molecular weight is 326 g/mol. The Morgan fingerprint density at radius 1 is 1.05 bits per heavy atom. The summed E-state index contributed by atoms with van der Waals surface area (Å²) in [5.74, 6) is 0.117. The monoisotopic (exact) mass is 325 g/mol. The third-order valence-electron chi connectivity index (χ3n) is 3.48. The van der Waals surface area contributed by atoms with Crippen LogP contribution in [0.4, 0.5) is 4.39 Å². The maximum absolute atomic E-state index is 13.8. The molecule has 1 N–H and O–H groups in total. The van der Waals surface area contributed by atoms with Gasteiger partial charge in [0.15, 0.2) is 0 Å². The van der Waals surface area contributed by atoms with Gasteiger partial charge in [-0.1, -0.05) is 47.5 Å². The van der Waals surface area contributed by atoms with Gasteiger partial charge in [-0.3, -0.25) is 0 Å². The van der Waals surface area contributed by atoms with E-state index >= 15 is 0 Å². The lowest BCUT2D eigenvalue weighted by molar-refractivity contribution is 0.480. The van der Waals surface area contributed by atoms with Gasteiger partial charge in [0.1, 0.15) is 5.82 Å². The van der Waals surface area contributed by atoms with Crippen molar-refractivity contribution < 1.29 is 4.39 Å². The Balaban J connectivity index is 2.14. The van der Waals surface area contributed by atoms with Gasteiger partial charge in [0.25, 0.3) is 0 Å². The second-order valence-electron chi connectivity index (χ2n) is 5.16. The summed E-state index contributed by atoms with van der Waals surface area (Å²) in [7, 11) is 1.90. The molecule has 112 valence electrons. The number of hydrogen-bond acceptors (Lipinski definition) is 1. The van der Waals surface area contributed by atoms with Crippen LogP contribution in [0.1, 0.15) is 11.1 Å². The Bertz CT molecular complexity index is 601. The van der Waals surface area contributed by atoms with E-state index in [9.17, 15) is 4.39 Å². The summed E-state index contributed by atoms with van der Waals surface area (Å²) < 4.78 is 13.8. The van der Waals surface area contributed by atoms with Gasteiger partial charge in [-0.05, 0) is 61.7 Å². The van der Waals surface area contributed by atoms with Crippen molar-refractivity contribution in [3.63, 3.8) is 0 Å². The molecule has 2 rings (SSSR count). The predicted molar refractivity (Wildman–Crippen MR) is 87.7 cm³/mol. The van der Waals surface area contributed by atoms with Gasteiger partial charge in [0, 0.05) is 10.0 Å². The molecule has 0 bridgehead atoms. The van der Waals surface area contributed by atoms with Crippen LogP contribution < -0.4 is 5.32 Å². The SMILES string of the molecule is CNCC(Cc1ccccc1F)Cc1ccc(Cl)cc1Cl.